The van der Waals surface area contributed by atoms with Gasteiger partial charge >= 0.3 is 0 Å². The molecule has 0 aliphatic heterocycles. The second kappa shape index (κ2) is 4.99. The van der Waals surface area contributed by atoms with Crippen molar-refractivity contribution in [3.05, 3.63) is 23.5 Å². The smallest absolute Gasteiger partial charge is 0.252 e. The summed E-state index contributed by atoms with van der Waals surface area (Å²) >= 11 is 0. The first-order valence-electron chi connectivity index (χ1n) is 6.56. The van der Waals surface area contributed by atoms with Crippen LogP contribution in [0.3, 0.4) is 0 Å². The Morgan fingerprint density at radius 2 is 2.00 bits per heavy atom. The molecule has 1 amide bonds. The number of nitrogens with zero attached hydrogens (tertiary/aromatic N) is 3. The van der Waals surface area contributed by atoms with Crippen LogP contribution in [0.1, 0.15) is 55.7 Å². The molecule has 0 aliphatic rings. The molecule has 0 unspecified atom stereocenters. The largest absolute Gasteiger partial charge is 0.355 e. The highest BCUT2D eigenvalue weighted by atomic mass is 16.1. The second-order valence-electron chi connectivity index (χ2n) is 5.25. The second-order valence-corrected chi connectivity index (χ2v) is 5.25. The minimum Gasteiger partial charge on any atom is -0.355 e. The van der Waals surface area contributed by atoms with Gasteiger partial charge in [-0.05, 0) is 25.8 Å². The number of fused-ring (bicyclic) bond motifs is 1. The zero-order valence-electron chi connectivity index (χ0n) is 12.1. The summed E-state index contributed by atoms with van der Waals surface area (Å²) in [6, 6.07) is 2.12. The number of carbonyl (C=O) groups is 1. The number of rotatable bonds is 3. The molecule has 0 atom stereocenters. The molecule has 19 heavy (non-hydrogen) atoms. The molecule has 0 fully saturated rings. The van der Waals surface area contributed by atoms with Crippen molar-refractivity contribution < 1.29 is 4.79 Å². The molecule has 0 radical (unpaired) electrons. The number of aromatic nitrogens is 3. The van der Waals surface area contributed by atoms with E-state index in [-0.39, 0.29) is 17.9 Å². The highest BCUT2D eigenvalue weighted by Crippen LogP contribution is 2.24. The topological polar surface area (TPSA) is 59.8 Å². The molecule has 5 heteroatoms. The molecule has 0 aliphatic carbocycles. The molecule has 0 bridgehead atoms. The van der Waals surface area contributed by atoms with Crippen LogP contribution in [0.4, 0.5) is 0 Å². The van der Waals surface area contributed by atoms with Crippen LogP contribution >= 0.6 is 0 Å². The van der Waals surface area contributed by atoms with Crippen LogP contribution < -0.4 is 5.32 Å². The maximum Gasteiger partial charge on any atom is 0.252 e. The highest BCUT2D eigenvalue weighted by molar-refractivity contribution is 5.98. The van der Waals surface area contributed by atoms with Crippen LogP contribution in [-0.2, 0) is 0 Å². The predicted molar refractivity (Wildman–Crippen MR) is 75.4 cm³/mol. The van der Waals surface area contributed by atoms with E-state index >= 15 is 0 Å². The Bertz CT molecular complexity index is 613. The van der Waals surface area contributed by atoms with Crippen molar-refractivity contribution in [2.45, 2.75) is 39.7 Å². The quantitative estimate of drug-likeness (QED) is 0.922. The molecule has 2 aromatic rings. The van der Waals surface area contributed by atoms with Gasteiger partial charge in [0.1, 0.15) is 0 Å². The Kier molecular flexibility index (Phi) is 3.55. The van der Waals surface area contributed by atoms with Gasteiger partial charge in [0, 0.05) is 18.5 Å². The van der Waals surface area contributed by atoms with Gasteiger partial charge in [0.25, 0.3) is 5.91 Å². The first kappa shape index (κ1) is 13.5. The molecule has 2 heterocycles. The van der Waals surface area contributed by atoms with E-state index in [1.807, 2.05) is 24.6 Å². The zero-order chi connectivity index (χ0) is 14.2. The molecule has 0 aromatic carbocycles. The molecule has 0 saturated heterocycles. The Hall–Kier alpha value is -1.91. The van der Waals surface area contributed by atoms with Crippen molar-refractivity contribution in [3.63, 3.8) is 0 Å². The minimum absolute atomic E-state index is 0.101. The van der Waals surface area contributed by atoms with Crippen LogP contribution in [0, 0.1) is 0 Å². The average molecular weight is 260 g/mol. The SMILES string of the molecule is CNC(=O)c1cc2cnn(C(C)C)c2nc1C(C)C. The summed E-state index contributed by atoms with van der Waals surface area (Å²) in [7, 11) is 1.63. The number of hydrogen-bond donors (Lipinski definition) is 1. The van der Waals surface area contributed by atoms with E-state index in [1.165, 1.54) is 0 Å². The lowest BCUT2D eigenvalue weighted by atomic mass is 10.0. The molecule has 5 nitrogen and oxygen atoms in total. The number of amides is 1. The van der Waals surface area contributed by atoms with Crippen LogP contribution in [0.15, 0.2) is 12.3 Å². The van der Waals surface area contributed by atoms with Gasteiger partial charge in [-0.15, -0.1) is 0 Å². The van der Waals surface area contributed by atoms with Gasteiger partial charge in [0.15, 0.2) is 5.65 Å². The van der Waals surface area contributed by atoms with Crippen molar-refractivity contribution in [2.75, 3.05) is 7.05 Å². The van der Waals surface area contributed by atoms with Crippen molar-refractivity contribution in [1.82, 2.24) is 20.1 Å². The van der Waals surface area contributed by atoms with Crippen LogP contribution in [0.2, 0.25) is 0 Å². The Morgan fingerprint density at radius 1 is 1.32 bits per heavy atom. The summed E-state index contributed by atoms with van der Waals surface area (Å²) in [6.45, 7) is 8.21. The fourth-order valence-corrected chi connectivity index (χ4v) is 2.12. The number of nitrogens with one attached hydrogen (secondary N) is 1. The fraction of sp³-hybridized carbons (Fsp3) is 0.500. The lowest BCUT2D eigenvalue weighted by Crippen LogP contribution is -2.21. The standard InChI is InChI=1S/C14H20N4O/c1-8(2)12-11(14(19)15-5)6-10-7-16-18(9(3)4)13(10)17-12/h6-9H,1-5H3,(H,15,19). The molecule has 1 N–H and O–H groups in total. The Labute approximate surface area is 113 Å². The molecule has 2 rings (SSSR count). The van der Waals surface area contributed by atoms with E-state index in [4.69, 9.17) is 0 Å². The molecule has 2 aromatic heterocycles. The number of carbonyl (C=O) groups excluding carboxylic acids is 1. The van der Waals surface area contributed by atoms with Gasteiger partial charge in [-0.25, -0.2) is 9.67 Å². The van der Waals surface area contributed by atoms with Crippen LogP contribution in [0.5, 0.6) is 0 Å². The first-order valence-corrected chi connectivity index (χ1v) is 6.56. The van der Waals surface area contributed by atoms with E-state index in [0.717, 1.165) is 16.7 Å². The summed E-state index contributed by atoms with van der Waals surface area (Å²) < 4.78 is 1.88. The minimum atomic E-state index is -0.101. The summed E-state index contributed by atoms with van der Waals surface area (Å²) in [6.07, 6.45) is 1.76. The normalized spacial score (nSPS) is 11.5. The van der Waals surface area contributed by atoms with Gasteiger partial charge in [-0.2, -0.15) is 5.10 Å². The average Bonchev–Trinajstić information content (AvgIpc) is 2.78. The van der Waals surface area contributed by atoms with Crippen molar-refractivity contribution in [2.24, 2.45) is 0 Å². The summed E-state index contributed by atoms with van der Waals surface area (Å²) in [5.74, 6) is 0.0857. The van der Waals surface area contributed by atoms with Crippen LogP contribution in [-0.4, -0.2) is 27.7 Å². The summed E-state index contributed by atoms with van der Waals surface area (Å²) in [4.78, 5) is 16.6. The molecule has 0 spiro atoms. The molecule has 0 saturated carbocycles. The van der Waals surface area contributed by atoms with Crippen molar-refractivity contribution in [3.8, 4) is 0 Å². The lowest BCUT2D eigenvalue weighted by molar-refractivity contribution is 0.0961. The maximum atomic E-state index is 11.9. The number of pyridine rings is 1. The summed E-state index contributed by atoms with van der Waals surface area (Å²) in [5.41, 5.74) is 2.29. The van der Waals surface area contributed by atoms with Gasteiger partial charge in [0.05, 0.1) is 17.5 Å². The molecular formula is C14H20N4O. The van der Waals surface area contributed by atoms with E-state index in [9.17, 15) is 4.79 Å². The van der Waals surface area contributed by atoms with Gasteiger partial charge in [0.2, 0.25) is 0 Å². The van der Waals surface area contributed by atoms with Gasteiger partial charge in [-0.1, -0.05) is 13.8 Å². The first-order chi connectivity index (χ1) is 8.95. The lowest BCUT2D eigenvalue weighted by Gasteiger charge is -2.13. The summed E-state index contributed by atoms with van der Waals surface area (Å²) in [5, 5.41) is 7.91. The van der Waals surface area contributed by atoms with Crippen LogP contribution in [0.25, 0.3) is 11.0 Å². The predicted octanol–water partition coefficient (Wildman–Crippen LogP) is 2.50. The van der Waals surface area contributed by atoms with E-state index in [1.54, 1.807) is 13.2 Å². The van der Waals surface area contributed by atoms with Crippen molar-refractivity contribution in [1.29, 1.82) is 0 Å². The molecular weight excluding hydrogens is 240 g/mol. The number of hydrogen-bond acceptors (Lipinski definition) is 3. The third kappa shape index (κ3) is 2.32. The monoisotopic (exact) mass is 260 g/mol. The highest BCUT2D eigenvalue weighted by Gasteiger charge is 2.18. The van der Waals surface area contributed by atoms with Gasteiger partial charge in [-0.3, -0.25) is 4.79 Å². The third-order valence-corrected chi connectivity index (χ3v) is 3.11. The van der Waals surface area contributed by atoms with E-state index in [2.05, 4.69) is 29.2 Å². The Morgan fingerprint density at radius 3 is 2.53 bits per heavy atom. The Balaban J connectivity index is 2.71. The van der Waals surface area contributed by atoms with E-state index < -0.39 is 0 Å². The molecule has 102 valence electrons. The maximum absolute atomic E-state index is 11.9. The zero-order valence-corrected chi connectivity index (χ0v) is 12.1. The third-order valence-electron chi connectivity index (χ3n) is 3.11. The van der Waals surface area contributed by atoms with Gasteiger partial charge < -0.3 is 5.32 Å². The van der Waals surface area contributed by atoms with Crippen molar-refractivity contribution >= 4 is 16.9 Å². The fourth-order valence-electron chi connectivity index (χ4n) is 2.12. The van der Waals surface area contributed by atoms with E-state index in [0.29, 0.717) is 5.56 Å².